The van der Waals surface area contributed by atoms with Gasteiger partial charge in [0, 0.05) is 5.69 Å². The van der Waals surface area contributed by atoms with Crippen LogP contribution < -0.4 is 10.1 Å². The lowest BCUT2D eigenvalue weighted by molar-refractivity contribution is -0.384. The summed E-state index contributed by atoms with van der Waals surface area (Å²) in [6.07, 6.45) is 0. The second-order valence-corrected chi connectivity index (χ2v) is 5.66. The van der Waals surface area contributed by atoms with Crippen LogP contribution >= 0.6 is 0 Å². The third-order valence-electron chi connectivity index (χ3n) is 3.50. The van der Waals surface area contributed by atoms with Gasteiger partial charge in [-0.05, 0) is 39.0 Å². The standard InChI is InChI=1S/C17H20N4O6/c1-4-26-13-5-6-14(15(8-13)21(24)25)18-16(22)10-27-17(23)9-20-12(3)7-11(2)19-20/h5-8H,4,9-10H2,1-3H3,(H,18,22). The Morgan fingerprint density at radius 2 is 2.04 bits per heavy atom. The van der Waals surface area contributed by atoms with Crippen molar-refractivity contribution in [1.29, 1.82) is 0 Å². The SMILES string of the molecule is CCOc1ccc(NC(=O)COC(=O)Cn2nc(C)cc2C)c([N+](=O)[O-])c1. The summed E-state index contributed by atoms with van der Waals surface area (Å²) >= 11 is 0. The summed E-state index contributed by atoms with van der Waals surface area (Å²) in [6, 6.07) is 5.89. The molecule has 10 nitrogen and oxygen atoms in total. The minimum atomic E-state index is -0.691. The molecule has 10 heteroatoms. The van der Waals surface area contributed by atoms with Crippen LogP contribution in [-0.4, -0.2) is 39.8 Å². The average molecular weight is 376 g/mol. The second kappa shape index (κ2) is 8.79. The van der Waals surface area contributed by atoms with E-state index in [0.717, 1.165) is 11.4 Å². The zero-order valence-electron chi connectivity index (χ0n) is 15.2. The fourth-order valence-electron chi connectivity index (χ4n) is 2.36. The summed E-state index contributed by atoms with van der Waals surface area (Å²) in [4.78, 5) is 34.3. The number of hydrogen-bond donors (Lipinski definition) is 1. The molecule has 0 radical (unpaired) electrons. The molecule has 0 fully saturated rings. The number of benzene rings is 1. The highest BCUT2D eigenvalue weighted by molar-refractivity contribution is 5.95. The minimum absolute atomic E-state index is 0.0111. The number of carbonyl (C=O) groups is 2. The molecule has 27 heavy (non-hydrogen) atoms. The van der Waals surface area contributed by atoms with Crippen molar-refractivity contribution < 1.29 is 24.0 Å². The molecule has 0 spiro atoms. The van der Waals surface area contributed by atoms with Crippen molar-refractivity contribution in [2.45, 2.75) is 27.3 Å². The molecule has 0 aliphatic heterocycles. The Labute approximate surface area is 155 Å². The van der Waals surface area contributed by atoms with Crippen LogP contribution in [0.1, 0.15) is 18.3 Å². The van der Waals surface area contributed by atoms with Crippen LogP contribution in [0.5, 0.6) is 5.75 Å². The van der Waals surface area contributed by atoms with E-state index in [2.05, 4.69) is 10.4 Å². The van der Waals surface area contributed by atoms with Gasteiger partial charge >= 0.3 is 5.97 Å². The highest BCUT2D eigenvalue weighted by atomic mass is 16.6. The molecule has 0 saturated heterocycles. The van der Waals surface area contributed by atoms with Crippen molar-refractivity contribution in [2.75, 3.05) is 18.5 Å². The molecule has 1 aromatic carbocycles. The van der Waals surface area contributed by atoms with Crippen molar-refractivity contribution in [3.63, 3.8) is 0 Å². The molecule has 0 atom stereocenters. The van der Waals surface area contributed by atoms with Crippen molar-refractivity contribution >= 4 is 23.3 Å². The highest BCUT2D eigenvalue weighted by Gasteiger charge is 2.18. The van der Waals surface area contributed by atoms with Crippen molar-refractivity contribution in [1.82, 2.24) is 9.78 Å². The first-order valence-corrected chi connectivity index (χ1v) is 8.18. The third kappa shape index (κ3) is 5.53. The number of esters is 1. The molecule has 0 aliphatic rings. The van der Waals surface area contributed by atoms with E-state index in [1.807, 2.05) is 6.07 Å². The molecular formula is C17H20N4O6. The van der Waals surface area contributed by atoms with Gasteiger partial charge in [-0.25, -0.2) is 0 Å². The lowest BCUT2D eigenvalue weighted by Gasteiger charge is -2.09. The summed E-state index contributed by atoms with van der Waals surface area (Å²) in [6.45, 7) is 5.01. The number of hydrogen-bond acceptors (Lipinski definition) is 7. The number of nitrogens with one attached hydrogen (secondary N) is 1. The zero-order valence-corrected chi connectivity index (χ0v) is 15.2. The lowest BCUT2D eigenvalue weighted by atomic mass is 10.2. The van der Waals surface area contributed by atoms with E-state index in [1.165, 1.54) is 22.9 Å². The molecule has 1 amide bonds. The molecule has 2 rings (SSSR count). The van der Waals surface area contributed by atoms with Gasteiger partial charge in [0.1, 0.15) is 18.0 Å². The zero-order chi connectivity index (χ0) is 20.0. The summed E-state index contributed by atoms with van der Waals surface area (Å²) in [5, 5.41) is 17.7. The van der Waals surface area contributed by atoms with E-state index < -0.39 is 23.4 Å². The fraction of sp³-hybridized carbons (Fsp3) is 0.353. The number of ether oxygens (including phenoxy) is 2. The van der Waals surface area contributed by atoms with Crippen molar-refractivity contribution in [3.8, 4) is 5.75 Å². The molecule has 1 aromatic heterocycles. The first kappa shape index (κ1) is 19.9. The van der Waals surface area contributed by atoms with E-state index >= 15 is 0 Å². The number of anilines is 1. The number of aromatic nitrogens is 2. The number of nitro benzene ring substituents is 1. The average Bonchev–Trinajstić information content (AvgIpc) is 2.91. The number of nitrogens with zero attached hydrogens (tertiary/aromatic N) is 3. The predicted octanol–water partition coefficient (Wildman–Crippen LogP) is 1.99. The van der Waals surface area contributed by atoms with Crippen molar-refractivity contribution in [3.05, 3.63) is 45.8 Å². The lowest BCUT2D eigenvalue weighted by Crippen LogP contribution is -2.24. The normalized spacial score (nSPS) is 10.3. The third-order valence-corrected chi connectivity index (χ3v) is 3.50. The van der Waals surface area contributed by atoms with E-state index in [9.17, 15) is 19.7 Å². The summed E-state index contributed by atoms with van der Waals surface area (Å²) in [5.74, 6) is -1.01. The summed E-state index contributed by atoms with van der Waals surface area (Å²) in [7, 11) is 0. The van der Waals surface area contributed by atoms with Crippen LogP contribution in [0.15, 0.2) is 24.3 Å². The Hall–Kier alpha value is -3.43. The highest BCUT2D eigenvalue weighted by Crippen LogP contribution is 2.29. The first-order valence-electron chi connectivity index (χ1n) is 8.18. The van der Waals surface area contributed by atoms with Crippen LogP contribution in [0.25, 0.3) is 0 Å². The van der Waals surface area contributed by atoms with Gasteiger partial charge in [0.05, 0.1) is 23.3 Å². The first-order chi connectivity index (χ1) is 12.8. The maximum atomic E-state index is 12.0. The second-order valence-electron chi connectivity index (χ2n) is 5.66. The summed E-state index contributed by atoms with van der Waals surface area (Å²) in [5.41, 5.74) is 1.23. The maximum Gasteiger partial charge on any atom is 0.328 e. The summed E-state index contributed by atoms with van der Waals surface area (Å²) < 4.78 is 11.6. The van der Waals surface area contributed by atoms with Crippen LogP contribution in [0.2, 0.25) is 0 Å². The number of carbonyl (C=O) groups excluding carboxylic acids is 2. The van der Waals surface area contributed by atoms with E-state index in [0.29, 0.717) is 12.4 Å². The van der Waals surface area contributed by atoms with Crippen LogP contribution in [0.4, 0.5) is 11.4 Å². The largest absolute Gasteiger partial charge is 0.494 e. The van der Waals surface area contributed by atoms with E-state index in [-0.39, 0.29) is 17.9 Å². The Kier molecular flexibility index (Phi) is 6.47. The molecular weight excluding hydrogens is 356 g/mol. The van der Waals surface area contributed by atoms with Gasteiger partial charge in [0.25, 0.3) is 11.6 Å². The van der Waals surface area contributed by atoms with E-state index in [1.54, 1.807) is 20.8 Å². The van der Waals surface area contributed by atoms with Crippen molar-refractivity contribution in [2.24, 2.45) is 0 Å². The Bertz CT molecular complexity index is 861. The molecule has 0 unspecified atom stereocenters. The van der Waals surface area contributed by atoms with E-state index in [4.69, 9.17) is 9.47 Å². The van der Waals surface area contributed by atoms with Crippen LogP contribution in [-0.2, 0) is 20.9 Å². The fourth-order valence-corrected chi connectivity index (χ4v) is 2.36. The monoisotopic (exact) mass is 376 g/mol. The molecule has 1 N–H and O–H groups in total. The predicted molar refractivity (Wildman–Crippen MR) is 95.6 cm³/mol. The Morgan fingerprint density at radius 1 is 1.30 bits per heavy atom. The topological polar surface area (TPSA) is 126 Å². The molecule has 0 bridgehead atoms. The Morgan fingerprint density at radius 3 is 2.63 bits per heavy atom. The minimum Gasteiger partial charge on any atom is -0.494 e. The molecule has 0 saturated carbocycles. The molecule has 144 valence electrons. The maximum absolute atomic E-state index is 12.0. The van der Waals surface area contributed by atoms with Gasteiger partial charge in [-0.2, -0.15) is 5.10 Å². The van der Waals surface area contributed by atoms with Gasteiger partial charge in [0.2, 0.25) is 0 Å². The van der Waals surface area contributed by atoms with Gasteiger partial charge in [-0.15, -0.1) is 0 Å². The molecule has 0 aliphatic carbocycles. The molecule has 1 heterocycles. The Balaban J connectivity index is 1.94. The van der Waals surface area contributed by atoms with Gasteiger partial charge < -0.3 is 14.8 Å². The number of amides is 1. The van der Waals surface area contributed by atoms with Crippen LogP contribution in [0.3, 0.4) is 0 Å². The number of nitro groups is 1. The van der Waals surface area contributed by atoms with Gasteiger partial charge in [-0.3, -0.25) is 24.4 Å². The van der Waals surface area contributed by atoms with Gasteiger partial charge in [-0.1, -0.05) is 0 Å². The number of rotatable bonds is 8. The van der Waals surface area contributed by atoms with Crippen LogP contribution in [0, 0.1) is 24.0 Å². The van der Waals surface area contributed by atoms with Gasteiger partial charge in [0.15, 0.2) is 6.61 Å². The smallest absolute Gasteiger partial charge is 0.328 e. The number of aryl methyl sites for hydroxylation is 2. The quantitative estimate of drug-likeness (QED) is 0.424. The molecule has 2 aromatic rings.